The summed E-state index contributed by atoms with van der Waals surface area (Å²) in [5, 5.41) is 11.4. The number of rotatable bonds is 4. The Morgan fingerprint density at radius 1 is 1.20 bits per heavy atom. The zero-order valence-corrected chi connectivity index (χ0v) is 15.5. The molecular weight excluding hydrogens is 328 g/mol. The Kier molecular flexibility index (Phi) is 4.48. The monoisotopic (exact) mass is 352 g/mol. The number of aromatic nitrogens is 1. The van der Waals surface area contributed by atoms with Gasteiger partial charge < -0.3 is 15.0 Å². The Balaban J connectivity index is 1.84. The van der Waals surface area contributed by atoms with Crippen molar-refractivity contribution in [3.63, 3.8) is 0 Å². The highest BCUT2D eigenvalue weighted by Crippen LogP contribution is 2.38. The van der Waals surface area contributed by atoms with Crippen molar-refractivity contribution in [1.29, 1.82) is 0 Å². The molecule has 2 unspecified atom stereocenters. The highest BCUT2D eigenvalue weighted by Gasteiger charge is 2.30. The smallest absolute Gasteiger partial charge is 0.0757 e. The molecule has 0 bridgehead atoms. The van der Waals surface area contributed by atoms with Gasteiger partial charge >= 0.3 is 0 Å². The summed E-state index contributed by atoms with van der Waals surface area (Å²) in [4.78, 5) is 7.20. The minimum Gasteiger partial charge on any atom is -0.391 e. The molecule has 25 heavy (non-hydrogen) atoms. The molecule has 1 aliphatic rings. The molecule has 0 amide bonds. The predicted octanol–water partition coefficient (Wildman–Crippen LogP) is 4.91. The number of aliphatic hydroxyl groups excluding tert-OH is 1. The Morgan fingerprint density at radius 2 is 2.04 bits per heavy atom. The molecule has 0 spiro atoms. The maximum absolute atomic E-state index is 10.2. The third kappa shape index (κ3) is 3.05. The summed E-state index contributed by atoms with van der Waals surface area (Å²) in [5.74, 6) is 1.06. The number of nitrogens with one attached hydrogen (secondary N) is 1. The summed E-state index contributed by atoms with van der Waals surface area (Å²) < 4.78 is 0. The van der Waals surface area contributed by atoms with Crippen molar-refractivity contribution in [3.8, 4) is 11.3 Å². The van der Waals surface area contributed by atoms with Crippen molar-refractivity contribution in [1.82, 2.24) is 4.98 Å². The van der Waals surface area contributed by atoms with Crippen LogP contribution >= 0.6 is 11.8 Å². The van der Waals surface area contributed by atoms with Gasteiger partial charge in [0, 0.05) is 39.3 Å². The third-order valence-electron chi connectivity index (χ3n) is 5.12. The number of H-pyrrole nitrogens is 1. The van der Waals surface area contributed by atoms with Crippen LogP contribution in [0.4, 0.5) is 5.69 Å². The average Bonchev–Trinajstić information content (AvgIpc) is 3.19. The van der Waals surface area contributed by atoms with Crippen molar-refractivity contribution < 1.29 is 5.11 Å². The lowest BCUT2D eigenvalue weighted by Crippen LogP contribution is -2.32. The number of nitrogens with zero attached hydrogens (tertiary/aromatic N) is 1. The average molecular weight is 353 g/mol. The third-order valence-corrected chi connectivity index (χ3v) is 6.00. The van der Waals surface area contributed by atoms with E-state index in [1.807, 2.05) is 11.8 Å². The molecule has 3 aromatic rings. The van der Waals surface area contributed by atoms with Crippen LogP contribution in [0.2, 0.25) is 0 Å². The second-order valence-corrected chi connectivity index (χ2v) is 8.01. The molecule has 3 nitrogen and oxygen atoms in total. The number of aliphatic hydroxyl groups is 1. The lowest BCUT2D eigenvalue weighted by molar-refractivity contribution is 0.170. The normalized spacial score (nSPS) is 20.5. The van der Waals surface area contributed by atoms with Crippen LogP contribution in [0.15, 0.2) is 53.4 Å². The molecular formula is C21H24N2OS. The fourth-order valence-electron chi connectivity index (χ4n) is 3.72. The zero-order chi connectivity index (χ0) is 17.4. The van der Waals surface area contributed by atoms with E-state index in [0.717, 1.165) is 29.9 Å². The van der Waals surface area contributed by atoms with Gasteiger partial charge in [-0.25, -0.2) is 0 Å². The highest BCUT2D eigenvalue weighted by atomic mass is 32.2. The van der Waals surface area contributed by atoms with Gasteiger partial charge in [-0.05, 0) is 49.4 Å². The highest BCUT2D eigenvalue weighted by molar-refractivity contribution is 7.99. The summed E-state index contributed by atoms with van der Waals surface area (Å²) in [6.07, 6.45) is 0.582. The lowest BCUT2D eigenvalue weighted by atomic mass is 10.1. The van der Waals surface area contributed by atoms with Crippen LogP contribution in [0, 0.1) is 0 Å². The second-order valence-electron chi connectivity index (χ2n) is 6.67. The molecule has 0 saturated carbocycles. The molecule has 130 valence electrons. The molecule has 1 saturated heterocycles. The molecule has 2 N–H and O–H groups in total. The number of fused-ring (bicyclic) bond motifs is 1. The zero-order valence-electron chi connectivity index (χ0n) is 14.7. The van der Waals surface area contributed by atoms with E-state index in [4.69, 9.17) is 0 Å². The van der Waals surface area contributed by atoms with E-state index < -0.39 is 0 Å². The van der Waals surface area contributed by atoms with Gasteiger partial charge in [-0.2, -0.15) is 0 Å². The molecule has 2 aromatic carbocycles. The summed E-state index contributed by atoms with van der Waals surface area (Å²) >= 11 is 1.86. The fourth-order valence-corrected chi connectivity index (χ4v) is 4.42. The summed E-state index contributed by atoms with van der Waals surface area (Å²) in [6, 6.07) is 17.5. The Hall–Kier alpha value is -1.91. The van der Waals surface area contributed by atoms with Gasteiger partial charge in [0.2, 0.25) is 0 Å². The first-order chi connectivity index (χ1) is 12.2. The van der Waals surface area contributed by atoms with Crippen LogP contribution in [0.5, 0.6) is 0 Å². The molecule has 1 aromatic heterocycles. The van der Waals surface area contributed by atoms with Crippen LogP contribution < -0.4 is 4.90 Å². The number of thioether (sulfide) groups is 1. The number of benzene rings is 2. The molecule has 2 atom stereocenters. The maximum atomic E-state index is 10.2. The van der Waals surface area contributed by atoms with Gasteiger partial charge in [-0.15, -0.1) is 11.8 Å². The van der Waals surface area contributed by atoms with Crippen molar-refractivity contribution in [2.24, 2.45) is 0 Å². The number of para-hydroxylation sites is 1. The minimum atomic E-state index is -0.250. The second kappa shape index (κ2) is 6.77. The van der Waals surface area contributed by atoms with Gasteiger partial charge in [0.05, 0.1) is 12.1 Å². The Labute approximate surface area is 153 Å². The summed E-state index contributed by atoms with van der Waals surface area (Å²) in [5.41, 5.74) is 4.72. The SMILES string of the molecule is CCSc1ccc(N2CCC(O)C2C)c(-c2cc3ccccc3[nH]2)c1. The number of hydrogen-bond acceptors (Lipinski definition) is 3. The van der Waals surface area contributed by atoms with E-state index >= 15 is 0 Å². The van der Waals surface area contributed by atoms with Crippen LogP contribution in [-0.4, -0.2) is 34.5 Å². The van der Waals surface area contributed by atoms with E-state index in [2.05, 4.69) is 72.3 Å². The standard InChI is InChI=1S/C21H24N2OS/c1-3-25-16-8-9-20(23-11-10-21(24)14(23)2)17(13-16)19-12-15-6-4-5-7-18(15)22-19/h4-9,12-14,21-22,24H,3,10-11H2,1-2H3. The van der Waals surface area contributed by atoms with Crippen molar-refractivity contribution in [2.45, 2.75) is 37.3 Å². The quantitative estimate of drug-likeness (QED) is 0.656. The maximum Gasteiger partial charge on any atom is 0.0757 e. The molecule has 0 radical (unpaired) electrons. The predicted molar refractivity (Wildman–Crippen MR) is 108 cm³/mol. The lowest BCUT2D eigenvalue weighted by Gasteiger charge is -2.27. The molecule has 1 fully saturated rings. The first kappa shape index (κ1) is 16.6. The number of anilines is 1. The first-order valence-corrected chi connectivity index (χ1v) is 9.95. The largest absolute Gasteiger partial charge is 0.391 e. The molecule has 2 heterocycles. The van der Waals surface area contributed by atoms with Crippen molar-refractivity contribution in [3.05, 3.63) is 48.5 Å². The van der Waals surface area contributed by atoms with Crippen molar-refractivity contribution >= 4 is 28.4 Å². The first-order valence-electron chi connectivity index (χ1n) is 8.97. The minimum absolute atomic E-state index is 0.146. The van der Waals surface area contributed by atoms with Gasteiger partial charge in [-0.1, -0.05) is 25.1 Å². The van der Waals surface area contributed by atoms with Crippen LogP contribution in [0.3, 0.4) is 0 Å². The Morgan fingerprint density at radius 3 is 2.76 bits per heavy atom. The molecule has 0 aliphatic carbocycles. The van der Waals surface area contributed by atoms with Crippen LogP contribution in [-0.2, 0) is 0 Å². The van der Waals surface area contributed by atoms with E-state index in [1.165, 1.54) is 21.5 Å². The van der Waals surface area contributed by atoms with Crippen LogP contribution in [0.1, 0.15) is 20.3 Å². The molecule has 4 heteroatoms. The molecule has 4 rings (SSSR count). The van der Waals surface area contributed by atoms with E-state index in [1.54, 1.807) is 0 Å². The van der Waals surface area contributed by atoms with Gasteiger partial charge in [0.1, 0.15) is 0 Å². The van der Waals surface area contributed by atoms with Crippen LogP contribution in [0.25, 0.3) is 22.2 Å². The topological polar surface area (TPSA) is 39.3 Å². The van der Waals surface area contributed by atoms with Crippen molar-refractivity contribution in [2.75, 3.05) is 17.2 Å². The van der Waals surface area contributed by atoms with Gasteiger partial charge in [-0.3, -0.25) is 0 Å². The summed E-state index contributed by atoms with van der Waals surface area (Å²) in [6.45, 7) is 5.19. The number of aromatic amines is 1. The summed E-state index contributed by atoms with van der Waals surface area (Å²) in [7, 11) is 0. The van der Waals surface area contributed by atoms with Gasteiger partial charge in [0.15, 0.2) is 0 Å². The molecule has 1 aliphatic heterocycles. The number of hydrogen-bond donors (Lipinski definition) is 2. The Bertz CT molecular complexity index is 855. The van der Waals surface area contributed by atoms with E-state index in [9.17, 15) is 5.11 Å². The van der Waals surface area contributed by atoms with E-state index in [-0.39, 0.29) is 12.1 Å². The van der Waals surface area contributed by atoms with E-state index in [0.29, 0.717) is 0 Å². The fraction of sp³-hybridized carbons (Fsp3) is 0.333. The van der Waals surface area contributed by atoms with Gasteiger partial charge in [0.25, 0.3) is 0 Å².